The van der Waals surface area contributed by atoms with Gasteiger partial charge in [0.15, 0.2) is 0 Å². The number of aromatic nitrogens is 3. The summed E-state index contributed by atoms with van der Waals surface area (Å²) in [6.07, 6.45) is 13.3. The van der Waals surface area contributed by atoms with Crippen molar-refractivity contribution in [3.8, 4) is 45.1 Å². The second kappa shape index (κ2) is 16.7. The average Bonchev–Trinajstić information content (AvgIpc) is 3.63. The van der Waals surface area contributed by atoms with Crippen LogP contribution in [-0.2, 0) is 24.8 Å². The third-order valence-corrected chi connectivity index (χ3v) is 15.4. The summed E-state index contributed by atoms with van der Waals surface area (Å²) in [5.41, 5.74) is 12.8. The van der Waals surface area contributed by atoms with Crippen LogP contribution in [0.25, 0.3) is 44.7 Å². The van der Waals surface area contributed by atoms with E-state index in [0.29, 0.717) is 23.3 Å². The number of rotatable bonds is 7. The van der Waals surface area contributed by atoms with Crippen LogP contribution in [0, 0.1) is 21.9 Å². The van der Waals surface area contributed by atoms with E-state index in [2.05, 4.69) is 206 Å². The second-order valence-corrected chi connectivity index (χ2v) is 20.1. The van der Waals surface area contributed by atoms with Crippen LogP contribution in [0.3, 0.4) is 0 Å². The molecule has 0 amide bonds. The van der Waals surface area contributed by atoms with Gasteiger partial charge in [0.2, 0.25) is 0 Å². The van der Waals surface area contributed by atoms with Crippen LogP contribution < -0.4 is 9.64 Å². The van der Waals surface area contributed by atoms with E-state index in [9.17, 15) is 0 Å². The third kappa shape index (κ3) is 7.12. The standard InChI is InChI=1S/C58H54N4O.Pt/c1-57(2,3)43-33-36-59-55(37-43)62-54-39-46(31-32-50(54)49-25-11-12-28-51(49)58(62)34-15-6-16-35-58)63-45-24-17-23-44(38-45)60-40-61(53-30-14-13-29-52(53)60)56-47(41-19-7-4-8-20-41)26-18-27-48(56)42-21-9-5-10-22-42;/h4-5,7-10,13-14,17-24,26-27,29-33,36-37,49,51H,6,11-12,15-16,25,28,34-35H2,1-3H3;/q-2;. The Hall–Kier alpha value is -5.77. The number of imidazole rings is 1. The van der Waals surface area contributed by atoms with Gasteiger partial charge in [0.25, 0.3) is 0 Å². The van der Waals surface area contributed by atoms with Crippen LogP contribution in [0.5, 0.6) is 11.5 Å². The summed E-state index contributed by atoms with van der Waals surface area (Å²) in [5, 5.41) is 0. The molecule has 0 radical (unpaired) electrons. The molecule has 2 aromatic heterocycles. The number of fused-ring (bicyclic) bond motifs is 5. The first-order chi connectivity index (χ1) is 31.3. The minimum absolute atomic E-state index is 0.0105. The monoisotopic (exact) mass is 1020 g/mol. The van der Waals surface area contributed by atoms with Gasteiger partial charge in [0, 0.05) is 6.20 Å². The van der Waals surface area contributed by atoms with Gasteiger partial charge in [-0.25, -0.2) is 0 Å². The Bertz CT molecular complexity index is 2990. The van der Waals surface area contributed by atoms with E-state index in [4.69, 9.17) is 9.72 Å². The zero-order valence-corrected chi connectivity index (χ0v) is 39.2. The van der Waals surface area contributed by atoms with Gasteiger partial charge in [-0.1, -0.05) is 52.9 Å². The normalized spacial score (nSPS) is 18.2. The molecule has 64 heavy (non-hydrogen) atoms. The van der Waals surface area contributed by atoms with Crippen LogP contribution in [-0.4, -0.2) is 19.7 Å². The van der Waals surface area contributed by atoms with Gasteiger partial charge in [0.05, 0.1) is 0 Å². The molecule has 2 fully saturated rings. The Morgan fingerprint density at radius 2 is 1.28 bits per heavy atom. The molecule has 3 heterocycles. The Morgan fingerprint density at radius 1 is 0.641 bits per heavy atom. The minimum Gasteiger partial charge on any atom is -0.0531 e. The first-order valence-electron chi connectivity index (χ1n) is 23.2. The molecule has 0 bridgehead atoms. The van der Waals surface area contributed by atoms with Crippen LogP contribution >= 0.6 is 0 Å². The molecule has 2 saturated carbocycles. The number of hydrogen-bond acceptors (Lipinski definition) is 3. The molecule has 1 aliphatic heterocycles. The van der Waals surface area contributed by atoms with Crippen LogP contribution in [0.1, 0.15) is 95.6 Å². The van der Waals surface area contributed by atoms with Crippen molar-refractivity contribution in [2.45, 2.75) is 95.4 Å². The van der Waals surface area contributed by atoms with Crippen LogP contribution in [0.4, 0.5) is 11.5 Å². The van der Waals surface area contributed by atoms with E-state index in [1.54, 1.807) is 0 Å². The third-order valence-electron chi connectivity index (χ3n) is 14.4. The molecule has 8 aromatic rings. The molecule has 2 aliphatic carbocycles. The van der Waals surface area contributed by atoms with Crippen molar-refractivity contribution in [3.63, 3.8) is 0 Å². The van der Waals surface area contributed by atoms with Gasteiger partial charge in [-0.2, -0.15) is 0 Å². The van der Waals surface area contributed by atoms with Crippen molar-refractivity contribution in [2.75, 3.05) is 4.90 Å². The molecular weight excluding hydrogens is 964 g/mol. The molecule has 3 aliphatic rings. The second-order valence-electron chi connectivity index (χ2n) is 19.1. The molecule has 6 heteroatoms. The number of hydrogen-bond donors (Lipinski definition) is 0. The minimum atomic E-state index is 0.0105. The SMILES string of the molecule is CC(C)(C)c1ccnc(N2c3[c-]c(Oc4[c-]c(-n5[c](=[Pt])n(-c6c(-c7ccccc7)cccc6-c6ccccc6)c6ccccc65)ccc4)ccc3C3CCCCC3C23CCCCC3)c1. The number of nitrogens with zero attached hydrogens (tertiary/aromatic N) is 4. The molecule has 1 spiro atoms. The fourth-order valence-corrected chi connectivity index (χ4v) is 12.5. The van der Waals surface area contributed by atoms with Crippen molar-refractivity contribution in [1.29, 1.82) is 0 Å². The van der Waals surface area contributed by atoms with Crippen molar-refractivity contribution in [3.05, 3.63) is 179 Å². The van der Waals surface area contributed by atoms with E-state index >= 15 is 0 Å². The summed E-state index contributed by atoms with van der Waals surface area (Å²) in [7, 11) is 0. The molecule has 0 N–H and O–H groups in total. The van der Waals surface area contributed by atoms with Crippen molar-refractivity contribution in [2.24, 2.45) is 5.92 Å². The van der Waals surface area contributed by atoms with E-state index < -0.39 is 0 Å². The van der Waals surface area contributed by atoms with Crippen molar-refractivity contribution >= 4 is 22.5 Å². The molecule has 2 atom stereocenters. The molecule has 2 unspecified atom stereocenters. The van der Waals surface area contributed by atoms with Gasteiger partial charge in [-0.3, -0.25) is 0 Å². The topological polar surface area (TPSA) is 35.2 Å². The number of pyridine rings is 1. The number of ether oxygens (including phenoxy) is 1. The predicted molar refractivity (Wildman–Crippen MR) is 256 cm³/mol. The van der Waals surface area contributed by atoms with Gasteiger partial charge in [0.1, 0.15) is 0 Å². The fourth-order valence-electron chi connectivity index (χ4n) is 11.4. The Balaban J connectivity index is 1.03. The fraction of sp³-hybridized carbons (Fsp3) is 0.276. The number of benzene rings is 6. The Labute approximate surface area is 388 Å². The maximum absolute atomic E-state index is 6.90. The van der Waals surface area contributed by atoms with E-state index in [1.807, 2.05) is 12.3 Å². The zero-order chi connectivity index (χ0) is 43.4. The first kappa shape index (κ1) is 41.0. The van der Waals surface area contributed by atoms with Crippen LogP contribution in [0.15, 0.2) is 152 Å². The van der Waals surface area contributed by atoms with Gasteiger partial charge in [-0.05, 0) is 23.5 Å². The quantitative estimate of drug-likeness (QED) is 0.149. The summed E-state index contributed by atoms with van der Waals surface area (Å²) in [4.78, 5) is 7.83. The van der Waals surface area contributed by atoms with Gasteiger partial charge < -0.3 is 0 Å². The number of para-hydroxylation sites is 3. The Morgan fingerprint density at radius 3 is 1.98 bits per heavy atom. The smallest absolute Gasteiger partial charge is 0.0531 e. The molecule has 0 saturated heterocycles. The summed E-state index contributed by atoms with van der Waals surface area (Å²) in [6, 6.07) is 59.7. The van der Waals surface area contributed by atoms with E-state index in [1.165, 1.54) is 91.2 Å². The molecule has 324 valence electrons. The molecular formula is C58H54N4OPt-2. The van der Waals surface area contributed by atoms with E-state index in [0.717, 1.165) is 37.7 Å². The Kier molecular flexibility index (Phi) is 10.7. The molecule has 6 aromatic carbocycles. The van der Waals surface area contributed by atoms with Crippen molar-refractivity contribution < 1.29 is 24.1 Å². The van der Waals surface area contributed by atoms with E-state index in [-0.39, 0.29) is 11.0 Å². The number of anilines is 2. The predicted octanol–water partition coefficient (Wildman–Crippen LogP) is 15.0. The first-order valence-corrected chi connectivity index (χ1v) is 24.4. The molecule has 11 rings (SSSR count). The zero-order valence-electron chi connectivity index (χ0n) is 37.0. The average molecular weight is 1020 g/mol. The van der Waals surface area contributed by atoms with Gasteiger partial charge >= 0.3 is 308 Å². The summed E-state index contributed by atoms with van der Waals surface area (Å²) in [5.74, 6) is 3.53. The van der Waals surface area contributed by atoms with Crippen LogP contribution in [0.2, 0.25) is 0 Å². The maximum atomic E-state index is 6.90. The summed E-state index contributed by atoms with van der Waals surface area (Å²) < 4.78 is 12.7. The van der Waals surface area contributed by atoms with Gasteiger partial charge in [-0.15, -0.1) is 0 Å². The van der Waals surface area contributed by atoms with Crippen molar-refractivity contribution in [1.82, 2.24) is 14.1 Å². The summed E-state index contributed by atoms with van der Waals surface area (Å²) in [6.45, 7) is 6.90. The molecule has 5 nitrogen and oxygen atoms in total. The summed E-state index contributed by atoms with van der Waals surface area (Å²) >= 11 is 2.50.